The molecule has 0 radical (unpaired) electrons. The number of hydrogen-bond acceptors (Lipinski definition) is 3. The lowest BCUT2D eigenvalue weighted by Gasteiger charge is -2.33. The van der Waals surface area contributed by atoms with E-state index >= 15 is 0 Å². The van der Waals surface area contributed by atoms with Crippen LogP contribution in [0.1, 0.15) is 38.3 Å². The summed E-state index contributed by atoms with van der Waals surface area (Å²) in [6.07, 6.45) is 9.05. The van der Waals surface area contributed by atoms with Crippen molar-refractivity contribution in [1.29, 1.82) is 0 Å². The third-order valence-electron chi connectivity index (χ3n) is 4.01. The minimum absolute atomic E-state index is 0.824. The summed E-state index contributed by atoms with van der Waals surface area (Å²) < 4.78 is 1.95. The minimum Gasteiger partial charge on any atom is -0.355 e. The van der Waals surface area contributed by atoms with Crippen LogP contribution in [0, 0.1) is 12.8 Å². The summed E-state index contributed by atoms with van der Waals surface area (Å²) in [6.45, 7) is 6.58. The van der Waals surface area contributed by atoms with Gasteiger partial charge in [-0.25, -0.2) is 9.50 Å². The van der Waals surface area contributed by atoms with Crippen molar-refractivity contribution in [1.82, 2.24) is 14.6 Å². The highest BCUT2D eigenvalue weighted by Crippen LogP contribution is 2.27. The Labute approximate surface area is 114 Å². The van der Waals surface area contributed by atoms with E-state index in [1.165, 1.54) is 25.7 Å². The molecule has 1 aliphatic heterocycles. The van der Waals surface area contributed by atoms with Crippen molar-refractivity contribution in [3.8, 4) is 0 Å². The molecule has 2 aromatic rings. The van der Waals surface area contributed by atoms with E-state index in [4.69, 9.17) is 0 Å². The molecule has 4 nitrogen and oxygen atoms in total. The van der Waals surface area contributed by atoms with E-state index in [1.807, 2.05) is 23.8 Å². The van der Waals surface area contributed by atoms with Crippen LogP contribution in [0.3, 0.4) is 0 Å². The zero-order chi connectivity index (χ0) is 13.2. The van der Waals surface area contributed by atoms with Gasteiger partial charge in [-0.3, -0.25) is 0 Å². The first kappa shape index (κ1) is 12.5. The van der Waals surface area contributed by atoms with Gasteiger partial charge in [-0.1, -0.05) is 13.3 Å². The van der Waals surface area contributed by atoms with E-state index in [-0.39, 0.29) is 0 Å². The molecule has 1 atom stereocenters. The molecular weight excluding hydrogens is 236 g/mol. The number of aryl methyl sites for hydroxylation is 1. The molecule has 2 aromatic heterocycles. The standard InChI is InChI=1S/C15H22N4/c1-3-5-13-6-4-8-18(11-13)15-14-10-12(2)17-19(14)9-7-16-15/h7,9-10,13H,3-6,8,11H2,1-2H3. The predicted molar refractivity (Wildman–Crippen MR) is 77.6 cm³/mol. The highest BCUT2D eigenvalue weighted by atomic mass is 15.3. The summed E-state index contributed by atoms with van der Waals surface area (Å²) in [5.74, 6) is 1.92. The van der Waals surface area contributed by atoms with Crippen LogP contribution < -0.4 is 4.90 Å². The molecule has 0 saturated carbocycles. The Hall–Kier alpha value is -1.58. The second-order valence-electron chi connectivity index (χ2n) is 5.61. The van der Waals surface area contributed by atoms with Gasteiger partial charge in [-0.15, -0.1) is 0 Å². The molecule has 0 N–H and O–H groups in total. The molecule has 19 heavy (non-hydrogen) atoms. The Bertz CT molecular complexity index is 558. The Morgan fingerprint density at radius 1 is 1.42 bits per heavy atom. The summed E-state index contributed by atoms with van der Waals surface area (Å²) in [5, 5.41) is 4.47. The molecule has 3 heterocycles. The maximum absolute atomic E-state index is 4.60. The van der Waals surface area contributed by atoms with Gasteiger partial charge in [0.25, 0.3) is 0 Å². The van der Waals surface area contributed by atoms with Crippen LogP contribution in [0.5, 0.6) is 0 Å². The summed E-state index contributed by atoms with van der Waals surface area (Å²) in [6, 6.07) is 2.13. The molecule has 1 unspecified atom stereocenters. The largest absolute Gasteiger partial charge is 0.355 e. The smallest absolute Gasteiger partial charge is 0.154 e. The molecule has 102 valence electrons. The third kappa shape index (κ3) is 2.44. The average Bonchev–Trinajstić information content (AvgIpc) is 2.79. The molecule has 1 fully saturated rings. The van der Waals surface area contributed by atoms with E-state index in [1.54, 1.807) is 0 Å². The summed E-state index contributed by atoms with van der Waals surface area (Å²) in [7, 11) is 0. The van der Waals surface area contributed by atoms with Crippen molar-refractivity contribution < 1.29 is 0 Å². The average molecular weight is 258 g/mol. The van der Waals surface area contributed by atoms with E-state index in [0.717, 1.165) is 36.0 Å². The Morgan fingerprint density at radius 3 is 3.16 bits per heavy atom. The van der Waals surface area contributed by atoms with Crippen molar-refractivity contribution in [2.45, 2.75) is 39.5 Å². The zero-order valence-electron chi connectivity index (χ0n) is 11.8. The van der Waals surface area contributed by atoms with Crippen LogP contribution >= 0.6 is 0 Å². The van der Waals surface area contributed by atoms with Crippen molar-refractivity contribution in [3.05, 3.63) is 24.2 Å². The molecule has 0 spiro atoms. The van der Waals surface area contributed by atoms with Crippen molar-refractivity contribution in [2.75, 3.05) is 18.0 Å². The predicted octanol–water partition coefficient (Wildman–Crippen LogP) is 3.05. The maximum Gasteiger partial charge on any atom is 0.154 e. The second kappa shape index (κ2) is 5.19. The maximum atomic E-state index is 4.60. The Kier molecular flexibility index (Phi) is 3.40. The zero-order valence-corrected chi connectivity index (χ0v) is 11.8. The first-order chi connectivity index (χ1) is 9.28. The van der Waals surface area contributed by atoms with Crippen LogP contribution in [0.2, 0.25) is 0 Å². The van der Waals surface area contributed by atoms with Gasteiger partial charge in [0.1, 0.15) is 5.52 Å². The van der Waals surface area contributed by atoms with Crippen molar-refractivity contribution in [2.24, 2.45) is 5.92 Å². The fourth-order valence-corrected chi connectivity index (χ4v) is 3.18. The molecule has 1 saturated heterocycles. The minimum atomic E-state index is 0.824. The number of nitrogens with zero attached hydrogens (tertiary/aromatic N) is 4. The second-order valence-corrected chi connectivity index (χ2v) is 5.61. The number of fused-ring (bicyclic) bond motifs is 1. The Balaban J connectivity index is 1.90. The summed E-state index contributed by atoms with van der Waals surface area (Å²) in [4.78, 5) is 7.05. The van der Waals surface area contributed by atoms with E-state index in [2.05, 4.69) is 28.0 Å². The third-order valence-corrected chi connectivity index (χ3v) is 4.01. The summed E-state index contributed by atoms with van der Waals surface area (Å²) >= 11 is 0. The molecule has 4 heteroatoms. The van der Waals surface area contributed by atoms with Crippen LogP contribution in [-0.2, 0) is 0 Å². The monoisotopic (exact) mass is 258 g/mol. The van der Waals surface area contributed by atoms with Crippen LogP contribution in [0.4, 0.5) is 5.82 Å². The molecule has 0 bridgehead atoms. The topological polar surface area (TPSA) is 33.4 Å². The lowest BCUT2D eigenvalue weighted by Crippen LogP contribution is -2.36. The summed E-state index contributed by atoms with van der Waals surface area (Å²) in [5.41, 5.74) is 2.19. The van der Waals surface area contributed by atoms with E-state index < -0.39 is 0 Å². The lowest BCUT2D eigenvalue weighted by molar-refractivity contribution is 0.387. The first-order valence-electron chi connectivity index (χ1n) is 7.34. The number of piperidine rings is 1. The fourth-order valence-electron chi connectivity index (χ4n) is 3.18. The first-order valence-corrected chi connectivity index (χ1v) is 7.34. The normalized spacial score (nSPS) is 20.1. The van der Waals surface area contributed by atoms with Gasteiger partial charge < -0.3 is 4.90 Å². The molecule has 0 amide bonds. The van der Waals surface area contributed by atoms with Gasteiger partial charge in [-0.05, 0) is 38.2 Å². The van der Waals surface area contributed by atoms with E-state index in [9.17, 15) is 0 Å². The highest BCUT2D eigenvalue weighted by Gasteiger charge is 2.22. The van der Waals surface area contributed by atoms with Gasteiger partial charge in [0.2, 0.25) is 0 Å². The quantitative estimate of drug-likeness (QED) is 0.848. The van der Waals surface area contributed by atoms with Gasteiger partial charge >= 0.3 is 0 Å². The molecule has 0 aliphatic carbocycles. The number of anilines is 1. The number of hydrogen-bond donors (Lipinski definition) is 0. The SMILES string of the molecule is CCCC1CCCN(c2nccn3nc(C)cc23)C1. The van der Waals surface area contributed by atoms with Gasteiger partial charge in [0, 0.05) is 25.5 Å². The van der Waals surface area contributed by atoms with Gasteiger partial charge in [-0.2, -0.15) is 5.10 Å². The number of aromatic nitrogens is 3. The van der Waals surface area contributed by atoms with Crippen LogP contribution in [0.15, 0.2) is 18.5 Å². The van der Waals surface area contributed by atoms with E-state index in [0.29, 0.717) is 0 Å². The van der Waals surface area contributed by atoms with Crippen molar-refractivity contribution >= 4 is 11.3 Å². The molecule has 3 rings (SSSR count). The highest BCUT2D eigenvalue weighted by molar-refractivity contribution is 5.69. The molecule has 1 aliphatic rings. The van der Waals surface area contributed by atoms with Crippen molar-refractivity contribution in [3.63, 3.8) is 0 Å². The van der Waals surface area contributed by atoms with Gasteiger partial charge in [0.15, 0.2) is 5.82 Å². The molecular formula is C15H22N4. The Morgan fingerprint density at radius 2 is 2.32 bits per heavy atom. The van der Waals surface area contributed by atoms with Gasteiger partial charge in [0.05, 0.1) is 5.69 Å². The lowest BCUT2D eigenvalue weighted by atomic mass is 9.94. The van der Waals surface area contributed by atoms with Crippen LogP contribution in [0.25, 0.3) is 5.52 Å². The van der Waals surface area contributed by atoms with Crippen LogP contribution in [-0.4, -0.2) is 27.7 Å². The molecule has 0 aromatic carbocycles. The number of rotatable bonds is 3. The fraction of sp³-hybridized carbons (Fsp3) is 0.600.